The Kier molecular flexibility index (Phi) is 6.04. The van der Waals surface area contributed by atoms with E-state index < -0.39 is 23.4 Å². The fourth-order valence-corrected chi connectivity index (χ4v) is 2.67. The lowest BCUT2D eigenvalue weighted by molar-refractivity contribution is -0.119. The van der Waals surface area contributed by atoms with Crippen molar-refractivity contribution >= 4 is 6.09 Å². The Labute approximate surface area is 149 Å². The van der Waals surface area contributed by atoms with Crippen LogP contribution in [0.3, 0.4) is 0 Å². The van der Waals surface area contributed by atoms with Gasteiger partial charge in [0.1, 0.15) is 5.60 Å². The van der Waals surface area contributed by atoms with Gasteiger partial charge in [-0.25, -0.2) is 4.79 Å². The van der Waals surface area contributed by atoms with E-state index in [1.54, 1.807) is 0 Å². The second-order valence-electron chi connectivity index (χ2n) is 7.52. The highest BCUT2D eigenvalue weighted by atomic mass is 16.6. The van der Waals surface area contributed by atoms with Gasteiger partial charge in [-0.1, -0.05) is 30.3 Å². The summed E-state index contributed by atoms with van der Waals surface area (Å²) in [6, 6.07) is 11.9. The van der Waals surface area contributed by atoms with Crippen LogP contribution < -0.4 is 0 Å². The average molecular weight is 346 g/mol. The second kappa shape index (κ2) is 7.85. The zero-order chi connectivity index (χ0) is 18.5. The van der Waals surface area contributed by atoms with Crippen LogP contribution in [0.15, 0.2) is 30.3 Å². The second-order valence-corrected chi connectivity index (χ2v) is 7.52. The fourth-order valence-electron chi connectivity index (χ4n) is 2.67. The van der Waals surface area contributed by atoms with Gasteiger partial charge in [-0.2, -0.15) is 5.26 Å². The zero-order valence-electron chi connectivity index (χ0n) is 15.1. The Bertz CT molecular complexity index is 613. The quantitative estimate of drug-likeness (QED) is 0.801. The van der Waals surface area contributed by atoms with Gasteiger partial charge in [0.15, 0.2) is 6.29 Å². The van der Waals surface area contributed by atoms with Gasteiger partial charge in [-0.05, 0) is 39.2 Å². The van der Waals surface area contributed by atoms with Gasteiger partial charge in [0, 0.05) is 13.1 Å². The van der Waals surface area contributed by atoms with Crippen LogP contribution in [0.25, 0.3) is 0 Å². The van der Waals surface area contributed by atoms with Gasteiger partial charge in [0.25, 0.3) is 0 Å². The summed E-state index contributed by atoms with van der Waals surface area (Å²) in [5.74, 6) is 0. The molecule has 0 saturated carbocycles. The van der Waals surface area contributed by atoms with E-state index in [9.17, 15) is 15.2 Å². The van der Waals surface area contributed by atoms with E-state index in [4.69, 9.17) is 9.47 Å². The monoisotopic (exact) mass is 346 g/mol. The molecular weight excluding hydrogens is 320 g/mol. The molecular formula is C19H26N2O4. The first-order chi connectivity index (χ1) is 11.7. The summed E-state index contributed by atoms with van der Waals surface area (Å²) in [4.78, 5) is 13.5. The molecule has 1 aromatic carbocycles. The summed E-state index contributed by atoms with van der Waals surface area (Å²) < 4.78 is 10.7. The average Bonchev–Trinajstić information content (AvgIpc) is 2.51. The van der Waals surface area contributed by atoms with Crippen LogP contribution in [-0.2, 0) is 16.1 Å². The summed E-state index contributed by atoms with van der Waals surface area (Å²) in [5, 5.41) is 19.4. The Balaban J connectivity index is 1.74. The van der Waals surface area contributed by atoms with E-state index in [-0.39, 0.29) is 0 Å². The minimum atomic E-state index is -0.930. The number of nitriles is 1. The largest absolute Gasteiger partial charge is 0.444 e. The maximum Gasteiger partial charge on any atom is 0.410 e. The Morgan fingerprint density at radius 2 is 2.00 bits per heavy atom. The number of carbonyl (C=O) groups excluding carboxylic acids is 1. The van der Waals surface area contributed by atoms with Crippen molar-refractivity contribution in [2.45, 2.75) is 52.1 Å². The number of aliphatic hydroxyl groups excluding tert-OH is 1. The van der Waals surface area contributed by atoms with E-state index in [0.29, 0.717) is 32.5 Å². The van der Waals surface area contributed by atoms with Crippen LogP contribution >= 0.6 is 0 Å². The van der Waals surface area contributed by atoms with Gasteiger partial charge < -0.3 is 19.5 Å². The number of amides is 1. The molecule has 1 unspecified atom stereocenters. The highest BCUT2D eigenvalue weighted by Crippen LogP contribution is 2.36. The molecule has 25 heavy (non-hydrogen) atoms. The number of aliphatic hydroxyl groups is 1. The molecule has 1 aliphatic rings. The number of likely N-dealkylation sites (tertiary alicyclic amines) is 1. The molecule has 1 saturated heterocycles. The van der Waals surface area contributed by atoms with Crippen LogP contribution in [-0.4, -0.2) is 41.1 Å². The van der Waals surface area contributed by atoms with Crippen molar-refractivity contribution in [3.05, 3.63) is 35.9 Å². The molecule has 2 rings (SSSR count). The van der Waals surface area contributed by atoms with Crippen molar-refractivity contribution < 1.29 is 19.4 Å². The lowest BCUT2D eigenvalue weighted by atomic mass is 9.77. The molecule has 1 aromatic rings. The molecule has 0 spiro atoms. The van der Waals surface area contributed by atoms with Gasteiger partial charge in [0.05, 0.1) is 18.1 Å². The minimum absolute atomic E-state index is 0.323. The fraction of sp³-hybridized carbons (Fsp3) is 0.579. The number of nitrogens with zero attached hydrogens (tertiary/aromatic N) is 2. The highest BCUT2D eigenvalue weighted by Gasteiger charge is 2.46. The molecule has 0 aromatic heterocycles. The topological polar surface area (TPSA) is 82.8 Å². The van der Waals surface area contributed by atoms with Crippen LogP contribution in [0.2, 0.25) is 0 Å². The number of rotatable bonds is 6. The third-order valence-corrected chi connectivity index (χ3v) is 4.03. The van der Waals surface area contributed by atoms with Crippen LogP contribution in [0.1, 0.15) is 39.2 Å². The highest BCUT2D eigenvalue weighted by molar-refractivity contribution is 5.69. The molecule has 1 amide bonds. The molecule has 1 atom stereocenters. The molecule has 1 N–H and O–H groups in total. The van der Waals surface area contributed by atoms with Crippen molar-refractivity contribution in [3.8, 4) is 6.07 Å². The first kappa shape index (κ1) is 19.2. The smallest absolute Gasteiger partial charge is 0.410 e. The van der Waals surface area contributed by atoms with Crippen molar-refractivity contribution in [3.63, 3.8) is 0 Å². The zero-order valence-corrected chi connectivity index (χ0v) is 15.1. The first-order valence-corrected chi connectivity index (χ1v) is 8.46. The molecule has 136 valence electrons. The number of carbonyl (C=O) groups is 1. The predicted molar refractivity (Wildman–Crippen MR) is 92.3 cm³/mol. The van der Waals surface area contributed by atoms with Crippen LogP contribution in [0.4, 0.5) is 4.79 Å². The van der Waals surface area contributed by atoms with Crippen molar-refractivity contribution in [1.82, 2.24) is 4.90 Å². The summed E-state index contributed by atoms with van der Waals surface area (Å²) in [6.45, 7) is 6.40. The number of hydrogen-bond acceptors (Lipinski definition) is 5. The molecule has 0 bridgehead atoms. The minimum Gasteiger partial charge on any atom is -0.444 e. The normalized spacial score (nSPS) is 17.3. The van der Waals surface area contributed by atoms with E-state index >= 15 is 0 Å². The third kappa shape index (κ3) is 5.73. The van der Waals surface area contributed by atoms with Gasteiger partial charge in [-0.15, -0.1) is 0 Å². The maximum atomic E-state index is 12.0. The Hall–Kier alpha value is -2.10. The molecule has 1 heterocycles. The number of benzene rings is 1. The molecule has 1 fully saturated rings. The van der Waals surface area contributed by atoms with E-state index in [1.165, 1.54) is 4.90 Å². The third-order valence-electron chi connectivity index (χ3n) is 4.03. The lowest BCUT2D eigenvalue weighted by Crippen LogP contribution is -2.58. The standard InChI is InChI=1S/C19H26N2O4/c1-18(2,3)25-17(23)21-13-19(12-20,14-21)10-9-16(22)24-11-15-7-5-4-6-8-15/h4-8,16,22H,9-11,13-14H2,1-3H3. The summed E-state index contributed by atoms with van der Waals surface area (Å²) in [5.41, 5.74) is -0.200. The number of ether oxygens (including phenoxy) is 2. The van der Waals surface area contributed by atoms with Gasteiger partial charge >= 0.3 is 6.09 Å². The molecule has 0 aliphatic carbocycles. The number of hydrogen-bond donors (Lipinski definition) is 1. The summed E-state index contributed by atoms with van der Waals surface area (Å²) >= 11 is 0. The summed E-state index contributed by atoms with van der Waals surface area (Å²) in [7, 11) is 0. The molecule has 0 radical (unpaired) electrons. The van der Waals surface area contributed by atoms with E-state index in [0.717, 1.165) is 5.56 Å². The maximum absolute atomic E-state index is 12.0. The Morgan fingerprint density at radius 3 is 2.56 bits per heavy atom. The lowest BCUT2D eigenvalue weighted by Gasteiger charge is -2.45. The molecule has 1 aliphatic heterocycles. The first-order valence-electron chi connectivity index (χ1n) is 8.46. The molecule has 6 nitrogen and oxygen atoms in total. The SMILES string of the molecule is CC(C)(C)OC(=O)N1CC(C#N)(CCC(O)OCc2ccccc2)C1. The predicted octanol–water partition coefficient (Wildman–Crippen LogP) is 3.06. The van der Waals surface area contributed by atoms with Gasteiger partial charge in [-0.3, -0.25) is 0 Å². The van der Waals surface area contributed by atoms with Crippen LogP contribution in [0.5, 0.6) is 0 Å². The van der Waals surface area contributed by atoms with Crippen molar-refractivity contribution in [2.75, 3.05) is 13.1 Å². The van der Waals surface area contributed by atoms with E-state index in [2.05, 4.69) is 6.07 Å². The van der Waals surface area contributed by atoms with Crippen molar-refractivity contribution in [1.29, 1.82) is 5.26 Å². The van der Waals surface area contributed by atoms with E-state index in [1.807, 2.05) is 51.1 Å². The van der Waals surface area contributed by atoms with Crippen molar-refractivity contribution in [2.24, 2.45) is 5.41 Å². The van der Waals surface area contributed by atoms with Crippen LogP contribution in [0, 0.1) is 16.7 Å². The van der Waals surface area contributed by atoms with Gasteiger partial charge in [0.2, 0.25) is 0 Å². The Morgan fingerprint density at radius 1 is 1.36 bits per heavy atom. The summed E-state index contributed by atoms with van der Waals surface area (Å²) in [6.07, 6.45) is -0.512. The molecule has 6 heteroatoms.